The number of benzene rings is 2. The predicted molar refractivity (Wildman–Crippen MR) is 95.1 cm³/mol. The van der Waals surface area contributed by atoms with E-state index in [1.54, 1.807) is 6.07 Å². The lowest BCUT2D eigenvalue weighted by atomic mass is 10.2. The maximum atomic E-state index is 5.90. The highest BCUT2D eigenvalue weighted by Gasteiger charge is 2.11. The summed E-state index contributed by atoms with van der Waals surface area (Å²) in [4.78, 5) is 0. The number of thioether (sulfide) groups is 1. The molecule has 0 bridgehead atoms. The monoisotopic (exact) mass is 410 g/mol. The van der Waals surface area contributed by atoms with Gasteiger partial charge in [0, 0.05) is 15.2 Å². The second-order valence-corrected chi connectivity index (χ2v) is 6.84. The molecule has 0 fully saturated rings. The fourth-order valence-electron chi connectivity index (χ4n) is 1.86. The highest BCUT2D eigenvalue weighted by atomic mass is 79.9. The second kappa shape index (κ2) is 7.86. The van der Waals surface area contributed by atoms with Gasteiger partial charge in [0.05, 0.1) is 12.2 Å². The molecule has 3 rings (SSSR count). The first-order chi connectivity index (χ1) is 11.2. The average molecular weight is 412 g/mol. The average Bonchev–Trinajstić information content (AvgIpc) is 3.01. The van der Waals surface area contributed by atoms with Gasteiger partial charge in [-0.25, -0.2) is 0 Å². The SMILES string of the molecule is Clc1cccc(OCCSc2nnc(-c3ccccc3Br)o2)c1. The molecule has 0 spiro atoms. The molecule has 7 heteroatoms. The van der Waals surface area contributed by atoms with E-state index >= 15 is 0 Å². The molecule has 0 aliphatic heterocycles. The van der Waals surface area contributed by atoms with Gasteiger partial charge >= 0.3 is 0 Å². The number of halogens is 2. The Bertz CT molecular complexity index is 797. The van der Waals surface area contributed by atoms with Crippen LogP contribution in [-0.4, -0.2) is 22.6 Å². The zero-order chi connectivity index (χ0) is 16.1. The lowest BCUT2D eigenvalue weighted by Crippen LogP contribution is -1.99. The van der Waals surface area contributed by atoms with Crippen LogP contribution in [0.2, 0.25) is 5.02 Å². The van der Waals surface area contributed by atoms with Crippen molar-refractivity contribution >= 4 is 39.3 Å². The van der Waals surface area contributed by atoms with Crippen LogP contribution in [0.3, 0.4) is 0 Å². The number of aromatic nitrogens is 2. The topological polar surface area (TPSA) is 48.2 Å². The molecule has 0 N–H and O–H groups in total. The minimum absolute atomic E-state index is 0.496. The van der Waals surface area contributed by atoms with Crippen molar-refractivity contribution < 1.29 is 9.15 Å². The Kier molecular flexibility index (Phi) is 5.59. The molecule has 1 heterocycles. The van der Waals surface area contributed by atoms with E-state index in [1.807, 2.05) is 42.5 Å². The van der Waals surface area contributed by atoms with E-state index in [4.69, 9.17) is 20.8 Å². The maximum Gasteiger partial charge on any atom is 0.276 e. The van der Waals surface area contributed by atoms with Crippen LogP contribution < -0.4 is 4.74 Å². The summed E-state index contributed by atoms with van der Waals surface area (Å²) >= 11 is 10.8. The molecule has 0 aliphatic rings. The van der Waals surface area contributed by atoms with Crippen molar-refractivity contribution in [3.63, 3.8) is 0 Å². The first-order valence-electron chi connectivity index (χ1n) is 6.82. The molecular weight excluding hydrogens is 400 g/mol. The van der Waals surface area contributed by atoms with Gasteiger partial charge in [-0.2, -0.15) is 0 Å². The second-order valence-electron chi connectivity index (χ2n) is 4.51. The van der Waals surface area contributed by atoms with Crippen LogP contribution in [0.15, 0.2) is 62.6 Å². The Hall–Kier alpha value is -1.50. The minimum Gasteiger partial charge on any atom is -0.493 e. The molecule has 0 unspecified atom stereocenters. The molecule has 1 aromatic heterocycles. The summed E-state index contributed by atoms with van der Waals surface area (Å²) in [6.07, 6.45) is 0. The molecule has 3 aromatic rings. The zero-order valence-corrected chi connectivity index (χ0v) is 15.1. The molecular formula is C16H12BrClN2O2S. The van der Waals surface area contributed by atoms with Crippen LogP contribution in [0.1, 0.15) is 0 Å². The Morgan fingerprint density at radius 3 is 2.83 bits per heavy atom. The van der Waals surface area contributed by atoms with Crippen molar-refractivity contribution in [3.05, 3.63) is 58.0 Å². The fraction of sp³-hybridized carbons (Fsp3) is 0.125. The number of rotatable bonds is 6. The summed E-state index contributed by atoms with van der Waals surface area (Å²) in [5.74, 6) is 1.94. The molecule has 0 amide bonds. The normalized spacial score (nSPS) is 10.7. The predicted octanol–water partition coefficient (Wildman–Crippen LogP) is 5.32. The van der Waals surface area contributed by atoms with Gasteiger partial charge in [0.15, 0.2) is 0 Å². The van der Waals surface area contributed by atoms with E-state index in [2.05, 4.69) is 26.1 Å². The summed E-state index contributed by atoms with van der Waals surface area (Å²) in [6.45, 7) is 0.526. The lowest BCUT2D eigenvalue weighted by molar-refractivity contribution is 0.343. The van der Waals surface area contributed by atoms with Gasteiger partial charge in [0.2, 0.25) is 5.89 Å². The highest BCUT2D eigenvalue weighted by molar-refractivity contribution is 9.10. The number of nitrogens with zero attached hydrogens (tertiary/aromatic N) is 2. The van der Waals surface area contributed by atoms with E-state index < -0.39 is 0 Å². The lowest BCUT2D eigenvalue weighted by Gasteiger charge is -2.04. The highest BCUT2D eigenvalue weighted by Crippen LogP contribution is 2.29. The number of hydrogen-bond acceptors (Lipinski definition) is 5. The Labute approximate surface area is 151 Å². The third kappa shape index (κ3) is 4.50. The van der Waals surface area contributed by atoms with Crippen LogP contribution in [-0.2, 0) is 0 Å². The minimum atomic E-state index is 0.496. The van der Waals surface area contributed by atoms with Crippen molar-refractivity contribution in [2.45, 2.75) is 5.22 Å². The summed E-state index contributed by atoms with van der Waals surface area (Å²) in [7, 11) is 0. The van der Waals surface area contributed by atoms with E-state index in [1.165, 1.54) is 11.8 Å². The Morgan fingerprint density at radius 2 is 2.00 bits per heavy atom. The first kappa shape index (κ1) is 16.4. The molecule has 2 aromatic carbocycles. The van der Waals surface area contributed by atoms with Gasteiger partial charge in [-0.1, -0.05) is 41.6 Å². The van der Waals surface area contributed by atoms with Crippen LogP contribution >= 0.6 is 39.3 Å². The molecule has 0 saturated heterocycles. The molecule has 0 atom stereocenters. The standard InChI is InChI=1S/C16H12BrClN2O2S/c17-14-7-2-1-6-13(14)15-19-20-16(22-15)23-9-8-21-12-5-3-4-11(18)10-12/h1-7,10H,8-9H2. The molecule has 0 aliphatic carbocycles. The molecule has 0 saturated carbocycles. The molecule has 4 nitrogen and oxygen atoms in total. The molecule has 118 valence electrons. The van der Waals surface area contributed by atoms with E-state index in [9.17, 15) is 0 Å². The van der Waals surface area contributed by atoms with Crippen molar-refractivity contribution in [1.29, 1.82) is 0 Å². The van der Waals surface area contributed by atoms with Crippen LogP contribution in [0, 0.1) is 0 Å². The van der Waals surface area contributed by atoms with Crippen LogP contribution in [0.5, 0.6) is 5.75 Å². The smallest absolute Gasteiger partial charge is 0.276 e. The van der Waals surface area contributed by atoms with Crippen molar-refractivity contribution in [2.24, 2.45) is 0 Å². The van der Waals surface area contributed by atoms with Gasteiger partial charge in [-0.05, 0) is 46.3 Å². The van der Waals surface area contributed by atoms with Gasteiger partial charge in [0.1, 0.15) is 5.75 Å². The summed E-state index contributed by atoms with van der Waals surface area (Å²) < 4.78 is 12.2. The van der Waals surface area contributed by atoms with Crippen molar-refractivity contribution in [1.82, 2.24) is 10.2 Å². The fourth-order valence-corrected chi connectivity index (χ4v) is 3.07. The van der Waals surface area contributed by atoms with Crippen LogP contribution in [0.4, 0.5) is 0 Å². The van der Waals surface area contributed by atoms with E-state index in [0.717, 1.165) is 15.8 Å². The van der Waals surface area contributed by atoms with Gasteiger partial charge in [-0.3, -0.25) is 0 Å². The summed E-state index contributed by atoms with van der Waals surface area (Å²) in [6, 6.07) is 15.0. The number of ether oxygens (including phenoxy) is 1. The van der Waals surface area contributed by atoms with Gasteiger partial charge in [-0.15, -0.1) is 10.2 Å². The van der Waals surface area contributed by atoms with Crippen molar-refractivity contribution in [3.8, 4) is 17.2 Å². The maximum absolute atomic E-state index is 5.90. The quantitative estimate of drug-likeness (QED) is 0.405. The third-order valence-corrected chi connectivity index (χ3v) is 4.59. The summed E-state index contributed by atoms with van der Waals surface area (Å²) in [5.41, 5.74) is 0.877. The third-order valence-electron chi connectivity index (χ3n) is 2.88. The zero-order valence-electron chi connectivity index (χ0n) is 11.9. The number of hydrogen-bond donors (Lipinski definition) is 0. The van der Waals surface area contributed by atoms with E-state index in [-0.39, 0.29) is 0 Å². The Balaban J connectivity index is 1.53. The molecule has 0 radical (unpaired) electrons. The van der Waals surface area contributed by atoms with Gasteiger partial charge < -0.3 is 9.15 Å². The Morgan fingerprint density at radius 1 is 1.13 bits per heavy atom. The molecule has 23 heavy (non-hydrogen) atoms. The largest absolute Gasteiger partial charge is 0.493 e. The first-order valence-corrected chi connectivity index (χ1v) is 8.97. The van der Waals surface area contributed by atoms with E-state index in [0.29, 0.717) is 28.5 Å². The van der Waals surface area contributed by atoms with Crippen LogP contribution in [0.25, 0.3) is 11.5 Å². The summed E-state index contributed by atoms with van der Waals surface area (Å²) in [5, 5.41) is 9.29. The van der Waals surface area contributed by atoms with Gasteiger partial charge in [0.25, 0.3) is 5.22 Å². The van der Waals surface area contributed by atoms with Crippen molar-refractivity contribution in [2.75, 3.05) is 12.4 Å².